The average Bonchev–Trinajstić information content (AvgIpc) is 2.92. The molecule has 0 saturated carbocycles. The molecule has 0 atom stereocenters. The van der Waals surface area contributed by atoms with Gasteiger partial charge in [0.1, 0.15) is 0 Å². The second-order valence-electron chi connectivity index (χ2n) is 8.20. The maximum atomic E-state index is 12.4. The highest BCUT2D eigenvalue weighted by Crippen LogP contribution is 2.30. The van der Waals surface area contributed by atoms with Crippen LogP contribution in [0.25, 0.3) is 0 Å². The molecular weight excluding hydrogens is 430 g/mol. The van der Waals surface area contributed by atoms with Crippen molar-refractivity contribution in [2.75, 3.05) is 25.1 Å². The zero-order chi connectivity index (χ0) is 23.9. The van der Waals surface area contributed by atoms with Crippen molar-refractivity contribution in [1.82, 2.24) is 10.9 Å². The molecule has 0 unspecified atom stereocenters. The molecule has 3 aromatic carbocycles. The first kappa shape index (κ1) is 23.0. The van der Waals surface area contributed by atoms with Gasteiger partial charge in [-0.1, -0.05) is 30.3 Å². The van der Waals surface area contributed by atoms with Crippen molar-refractivity contribution < 1.29 is 19.1 Å². The first-order valence-electron chi connectivity index (χ1n) is 11.2. The Balaban J connectivity index is 1.28. The van der Waals surface area contributed by atoms with Gasteiger partial charge in [0.25, 0.3) is 11.8 Å². The summed E-state index contributed by atoms with van der Waals surface area (Å²) in [6.45, 7) is 1.94. The second kappa shape index (κ2) is 10.7. The molecular formula is C27H27N3O4. The van der Waals surface area contributed by atoms with E-state index in [2.05, 4.69) is 44.8 Å². The summed E-state index contributed by atoms with van der Waals surface area (Å²) in [4.78, 5) is 38.5. The van der Waals surface area contributed by atoms with Gasteiger partial charge in [-0.25, -0.2) is 4.79 Å². The van der Waals surface area contributed by atoms with Crippen molar-refractivity contribution in [3.8, 4) is 0 Å². The van der Waals surface area contributed by atoms with Gasteiger partial charge in [0, 0.05) is 29.9 Å². The van der Waals surface area contributed by atoms with E-state index in [0.717, 1.165) is 31.6 Å². The molecule has 1 aliphatic heterocycles. The highest BCUT2D eigenvalue weighted by atomic mass is 16.5. The molecule has 2 N–H and O–H groups in total. The zero-order valence-electron chi connectivity index (χ0n) is 19.0. The van der Waals surface area contributed by atoms with Gasteiger partial charge >= 0.3 is 5.97 Å². The Hall–Kier alpha value is -4.13. The zero-order valence-corrected chi connectivity index (χ0v) is 19.0. The molecule has 1 aliphatic rings. The molecule has 0 spiro atoms. The van der Waals surface area contributed by atoms with Crippen molar-refractivity contribution in [3.63, 3.8) is 0 Å². The van der Waals surface area contributed by atoms with Gasteiger partial charge in [-0.15, -0.1) is 0 Å². The lowest BCUT2D eigenvalue weighted by atomic mass is 9.89. The summed E-state index contributed by atoms with van der Waals surface area (Å²) in [7, 11) is 1.29. The third-order valence-electron chi connectivity index (χ3n) is 6.12. The Morgan fingerprint density at radius 3 is 1.76 bits per heavy atom. The fourth-order valence-electron chi connectivity index (χ4n) is 4.15. The summed E-state index contributed by atoms with van der Waals surface area (Å²) < 4.78 is 4.64. The lowest BCUT2D eigenvalue weighted by Crippen LogP contribution is -2.41. The van der Waals surface area contributed by atoms with Crippen LogP contribution in [0.2, 0.25) is 0 Å². The molecule has 0 aromatic heterocycles. The molecule has 34 heavy (non-hydrogen) atoms. The van der Waals surface area contributed by atoms with Gasteiger partial charge in [0.2, 0.25) is 0 Å². The number of nitrogens with one attached hydrogen (secondary N) is 2. The minimum atomic E-state index is -0.484. The Bertz CT molecular complexity index is 1140. The molecule has 7 nitrogen and oxygen atoms in total. The summed E-state index contributed by atoms with van der Waals surface area (Å²) in [6.07, 6.45) is 2.19. The molecule has 7 heteroatoms. The molecule has 4 rings (SSSR count). The monoisotopic (exact) mass is 457 g/mol. The molecule has 0 bridgehead atoms. The number of carbonyl (C=O) groups is 3. The number of hydrogen-bond acceptors (Lipinski definition) is 5. The molecule has 0 aliphatic carbocycles. The number of methoxy groups -OCH3 is 1. The van der Waals surface area contributed by atoms with Crippen LogP contribution in [-0.4, -0.2) is 38.0 Å². The second-order valence-corrected chi connectivity index (χ2v) is 8.20. The van der Waals surface area contributed by atoms with Crippen LogP contribution in [-0.2, 0) is 4.74 Å². The number of carbonyl (C=O) groups excluding carboxylic acids is 3. The highest BCUT2D eigenvalue weighted by Gasteiger charge is 2.21. The Morgan fingerprint density at radius 1 is 0.735 bits per heavy atom. The first-order chi connectivity index (χ1) is 16.5. The number of rotatable bonds is 5. The lowest BCUT2D eigenvalue weighted by Gasteiger charge is -2.34. The van der Waals surface area contributed by atoms with E-state index >= 15 is 0 Å². The van der Waals surface area contributed by atoms with Crippen LogP contribution in [0.1, 0.15) is 55.4 Å². The lowest BCUT2D eigenvalue weighted by molar-refractivity contribution is 0.0600. The van der Waals surface area contributed by atoms with Gasteiger partial charge in [-0.3, -0.25) is 20.4 Å². The average molecular weight is 458 g/mol. The van der Waals surface area contributed by atoms with E-state index in [1.54, 1.807) is 12.1 Å². The predicted octanol–water partition coefficient (Wildman–Crippen LogP) is 3.93. The standard InChI is InChI=1S/C27H27N3O4/c1-34-27(33)23-9-7-21(8-10-23)25(31)28-29-26(32)22-11-13-24(14-12-22)30-17-15-20(16-18-30)19-5-3-2-4-6-19/h2-14,20H,15-18H2,1H3,(H,28,31)(H,29,32). The van der Waals surface area contributed by atoms with Crippen molar-refractivity contribution >= 4 is 23.5 Å². The number of ether oxygens (including phenoxy) is 1. The van der Waals surface area contributed by atoms with Crippen LogP contribution in [0.4, 0.5) is 5.69 Å². The number of nitrogens with zero attached hydrogens (tertiary/aromatic N) is 1. The molecule has 0 radical (unpaired) electrons. The van der Waals surface area contributed by atoms with Gasteiger partial charge in [-0.2, -0.15) is 0 Å². The number of hydrogen-bond donors (Lipinski definition) is 2. The van der Waals surface area contributed by atoms with Crippen LogP contribution < -0.4 is 15.8 Å². The van der Waals surface area contributed by atoms with Gasteiger partial charge in [0.15, 0.2) is 0 Å². The van der Waals surface area contributed by atoms with Crippen LogP contribution in [0.15, 0.2) is 78.9 Å². The fourth-order valence-corrected chi connectivity index (χ4v) is 4.15. The highest BCUT2D eigenvalue weighted by molar-refractivity contribution is 5.99. The van der Waals surface area contributed by atoms with E-state index < -0.39 is 17.8 Å². The van der Waals surface area contributed by atoms with Crippen molar-refractivity contribution in [2.24, 2.45) is 0 Å². The van der Waals surface area contributed by atoms with Crippen LogP contribution in [0.5, 0.6) is 0 Å². The molecule has 1 saturated heterocycles. The van der Waals surface area contributed by atoms with Crippen molar-refractivity contribution in [1.29, 1.82) is 0 Å². The summed E-state index contributed by atoms with van der Waals surface area (Å²) in [5, 5.41) is 0. The SMILES string of the molecule is COC(=O)c1ccc(C(=O)NNC(=O)c2ccc(N3CCC(c4ccccc4)CC3)cc2)cc1. The number of hydrazine groups is 1. The third-order valence-corrected chi connectivity index (χ3v) is 6.12. The van der Waals surface area contributed by atoms with E-state index in [9.17, 15) is 14.4 Å². The van der Waals surface area contributed by atoms with E-state index in [1.165, 1.54) is 36.9 Å². The van der Waals surface area contributed by atoms with Gasteiger partial charge in [-0.05, 0) is 72.9 Å². The smallest absolute Gasteiger partial charge is 0.337 e. The molecule has 2 amide bonds. The van der Waals surface area contributed by atoms with E-state index in [0.29, 0.717) is 22.6 Å². The quantitative estimate of drug-likeness (QED) is 0.448. The maximum Gasteiger partial charge on any atom is 0.337 e. The molecule has 1 fully saturated rings. The summed E-state index contributed by atoms with van der Waals surface area (Å²) in [6, 6.07) is 24.0. The predicted molar refractivity (Wildman–Crippen MR) is 130 cm³/mol. The van der Waals surface area contributed by atoms with Crippen molar-refractivity contribution in [2.45, 2.75) is 18.8 Å². The molecule has 3 aromatic rings. The van der Waals surface area contributed by atoms with E-state index in [-0.39, 0.29) is 0 Å². The maximum absolute atomic E-state index is 12.4. The topological polar surface area (TPSA) is 87.7 Å². The normalized spacial score (nSPS) is 13.7. The van der Waals surface area contributed by atoms with E-state index in [1.807, 2.05) is 18.2 Å². The number of anilines is 1. The van der Waals surface area contributed by atoms with E-state index in [4.69, 9.17) is 0 Å². The van der Waals surface area contributed by atoms with Gasteiger partial charge < -0.3 is 9.64 Å². The third kappa shape index (κ3) is 5.43. The number of esters is 1. The molecule has 1 heterocycles. The first-order valence-corrected chi connectivity index (χ1v) is 11.2. The Kier molecular flexibility index (Phi) is 7.22. The van der Waals surface area contributed by atoms with Crippen LogP contribution in [0, 0.1) is 0 Å². The fraction of sp³-hybridized carbons (Fsp3) is 0.222. The number of amides is 2. The summed E-state index contributed by atoms with van der Waals surface area (Å²) >= 11 is 0. The summed E-state index contributed by atoms with van der Waals surface area (Å²) in [5.41, 5.74) is 8.39. The minimum Gasteiger partial charge on any atom is -0.465 e. The minimum absolute atomic E-state index is 0.308. The van der Waals surface area contributed by atoms with Crippen LogP contribution >= 0.6 is 0 Å². The summed E-state index contributed by atoms with van der Waals surface area (Å²) in [5.74, 6) is -0.788. The Labute approximate surface area is 198 Å². The van der Waals surface area contributed by atoms with Crippen molar-refractivity contribution in [3.05, 3.63) is 101 Å². The number of benzene rings is 3. The Morgan fingerprint density at radius 2 is 1.24 bits per heavy atom. The largest absolute Gasteiger partial charge is 0.465 e. The number of piperidine rings is 1. The molecule has 174 valence electrons. The van der Waals surface area contributed by atoms with Gasteiger partial charge in [0.05, 0.1) is 12.7 Å². The van der Waals surface area contributed by atoms with Crippen LogP contribution in [0.3, 0.4) is 0 Å².